The fraction of sp³-hybridized carbons (Fsp3) is 0.714. The van der Waals surface area contributed by atoms with Gasteiger partial charge in [-0.05, 0) is 77.0 Å². The second kappa shape index (κ2) is 8.41. The first-order valence-electron chi connectivity index (χ1n) is 10.0. The van der Waals surface area contributed by atoms with Crippen molar-refractivity contribution in [1.82, 2.24) is 4.90 Å². The van der Waals surface area contributed by atoms with Crippen molar-refractivity contribution in [2.45, 2.75) is 83.6 Å². The van der Waals surface area contributed by atoms with Crippen LogP contribution in [-0.2, 0) is 4.74 Å². The van der Waals surface area contributed by atoms with E-state index in [1.807, 2.05) is 6.07 Å². The van der Waals surface area contributed by atoms with Crippen molar-refractivity contribution < 1.29 is 4.74 Å². The fourth-order valence-corrected chi connectivity index (χ4v) is 4.36. The molecule has 0 radical (unpaired) electrons. The van der Waals surface area contributed by atoms with Crippen LogP contribution >= 0.6 is 0 Å². The van der Waals surface area contributed by atoms with Gasteiger partial charge in [0.2, 0.25) is 0 Å². The monoisotopic (exact) mass is 345 g/mol. The van der Waals surface area contributed by atoms with Gasteiger partial charge in [0.25, 0.3) is 0 Å². The van der Waals surface area contributed by atoms with Gasteiger partial charge < -0.3 is 20.7 Å². The summed E-state index contributed by atoms with van der Waals surface area (Å²) in [6.07, 6.45) is 8.28. The Morgan fingerprint density at radius 2 is 1.76 bits per heavy atom. The molecule has 3 rings (SSSR count). The predicted octanol–water partition coefficient (Wildman–Crippen LogP) is 4.19. The molecule has 0 aromatic heterocycles. The van der Waals surface area contributed by atoms with Crippen LogP contribution in [0.1, 0.15) is 57.9 Å². The Kier molecular flexibility index (Phi) is 6.24. The van der Waals surface area contributed by atoms with E-state index in [0.29, 0.717) is 18.2 Å². The zero-order valence-electron chi connectivity index (χ0n) is 16.1. The Bertz CT molecular complexity index is 544. The number of piperidine rings is 1. The third kappa shape index (κ3) is 5.11. The fourth-order valence-electron chi connectivity index (χ4n) is 4.36. The van der Waals surface area contributed by atoms with E-state index in [2.05, 4.69) is 43.1 Å². The molecule has 1 saturated carbocycles. The third-order valence-electron chi connectivity index (χ3n) is 5.72. The van der Waals surface area contributed by atoms with Gasteiger partial charge >= 0.3 is 0 Å². The third-order valence-corrected chi connectivity index (χ3v) is 5.72. The van der Waals surface area contributed by atoms with Gasteiger partial charge in [-0.3, -0.25) is 0 Å². The zero-order valence-corrected chi connectivity index (χ0v) is 16.1. The topological polar surface area (TPSA) is 50.5 Å². The van der Waals surface area contributed by atoms with Crippen molar-refractivity contribution >= 4 is 11.4 Å². The molecule has 2 fully saturated rings. The van der Waals surface area contributed by atoms with Crippen LogP contribution in [0, 0.1) is 6.92 Å². The number of rotatable bonds is 5. The minimum atomic E-state index is 0.359. The molecule has 3 N–H and O–H groups in total. The molecule has 0 bridgehead atoms. The first-order valence-corrected chi connectivity index (χ1v) is 10.0. The van der Waals surface area contributed by atoms with E-state index in [9.17, 15) is 0 Å². The van der Waals surface area contributed by atoms with Crippen molar-refractivity contribution in [2.24, 2.45) is 0 Å². The molecule has 4 heteroatoms. The van der Waals surface area contributed by atoms with Gasteiger partial charge in [-0.15, -0.1) is 0 Å². The lowest BCUT2D eigenvalue weighted by Crippen LogP contribution is -2.46. The lowest BCUT2D eigenvalue weighted by Gasteiger charge is -2.41. The summed E-state index contributed by atoms with van der Waals surface area (Å²) in [4.78, 5) is 2.71. The van der Waals surface area contributed by atoms with Crippen molar-refractivity contribution in [3.63, 3.8) is 0 Å². The molecule has 0 unspecified atom stereocenters. The summed E-state index contributed by atoms with van der Waals surface area (Å²) in [5, 5.41) is 3.67. The number of benzene rings is 1. The van der Waals surface area contributed by atoms with Gasteiger partial charge in [0.1, 0.15) is 0 Å². The van der Waals surface area contributed by atoms with Crippen LogP contribution in [0.5, 0.6) is 0 Å². The van der Waals surface area contributed by atoms with Crippen LogP contribution in [0.4, 0.5) is 11.4 Å². The summed E-state index contributed by atoms with van der Waals surface area (Å²) in [5.41, 5.74) is 9.33. The van der Waals surface area contributed by atoms with Crippen LogP contribution in [0.15, 0.2) is 18.2 Å². The Hall–Kier alpha value is -1.26. The van der Waals surface area contributed by atoms with E-state index in [1.165, 1.54) is 57.2 Å². The minimum absolute atomic E-state index is 0.359. The van der Waals surface area contributed by atoms with Crippen LogP contribution in [-0.4, -0.2) is 42.3 Å². The van der Waals surface area contributed by atoms with Crippen LogP contribution in [0.2, 0.25) is 0 Å². The Balaban J connectivity index is 1.44. The van der Waals surface area contributed by atoms with E-state index in [-0.39, 0.29) is 0 Å². The van der Waals surface area contributed by atoms with E-state index < -0.39 is 0 Å². The van der Waals surface area contributed by atoms with Crippen LogP contribution in [0.3, 0.4) is 0 Å². The number of hydrogen-bond acceptors (Lipinski definition) is 4. The lowest BCUT2D eigenvalue weighted by atomic mass is 9.90. The van der Waals surface area contributed by atoms with Crippen LogP contribution in [0.25, 0.3) is 0 Å². The van der Waals surface area contributed by atoms with E-state index in [1.54, 1.807) is 0 Å². The molecule has 1 saturated heterocycles. The second-order valence-corrected chi connectivity index (χ2v) is 8.16. The average Bonchev–Trinajstić information content (AvgIpc) is 2.59. The maximum absolute atomic E-state index is 6.11. The van der Waals surface area contributed by atoms with Crippen molar-refractivity contribution in [2.75, 3.05) is 24.1 Å². The molecule has 1 aliphatic heterocycles. The molecule has 1 aromatic rings. The summed E-state index contributed by atoms with van der Waals surface area (Å²) < 4.78 is 5.99. The quantitative estimate of drug-likeness (QED) is 0.786. The number of nitrogens with zero attached hydrogens (tertiary/aromatic N) is 1. The number of anilines is 2. The molecular formula is C21H35N3O. The molecule has 0 spiro atoms. The van der Waals surface area contributed by atoms with Crippen molar-refractivity contribution in [3.05, 3.63) is 23.8 Å². The number of nitrogens with one attached hydrogen (secondary N) is 1. The number of nitrogens with two attached hydrogens (primary N) is 1. The van der Waals surface area contributed by atoms with Gasteiger partial charge in [-0.2, -0.15) is 0 Å². The molecule has 2 aliphatic rings. The predicted molar refractivity (Wildman–Crippen MR) is 106 cm³/mol. The van der Waals surface area contributed by atoms with Gasteiger partial charge in [0.15, 0.2) is 0 Å². The number of likely N-dealkylation sites (tertiary alicyclic amines) is 1. The smallest absolute Gasteiger partial charge is 0.0579 e. The first-order chi connectivity index (χ1) is 12.0. The summed E-state index contributed by atoms with van der Waals surface area (Å²) in [7, 11) is 0. The lowest BCUT2D eigenvalue weighted by molar-refractivity contribution is -0.0280. The molecule has 0 amide bonds. The highest BCUT2D eigenvalue weighted by Gasteiger charge is 2.29. The molecule has 1 aliphatic carbocycles. The molecule has 25 heavy (non-hydrogen) atoms. The van der Waals surface area contributed by atoms with Gasteiger partial charge in [0, 0.05) is 25.2 Å². The molecule has 1 aromatic carbocycles. The molecule has 1 heterocycles. The number of aryl methyl sites for hydroxylation is 1. The summed E-state index contributed by atoms with van der Waals surface area (Å²) in [6.45, 7) is 8.80. The highest BCUT2D eigenvalue weighted by molar-refractivity contribution is 5.67. The Morgan fingerprint density at radius 1 is 1.08 bits per heavy atom. The highest BCUT2D eigenvalue weighted by atomic mass is 16.5. The number of hydrogen-bond donors (Lipinski definition) is 2. The first kappa shape index (κ1) is 18.5. The van der Waals surface area contributed by atoms with Gasteiger partial charge in [0.05, 0.1) is 23.6 Å². The number of ether oxygens (including phenoxy) is 1. The summed E-state index contributed by atoms with van der Waals surface area (Å²) >= 11 is 0. The molecular weight excluding hydrogens is 310 g/mol. The normalized spacial score (nSPS) is 26.1. The van der Waals surface area contributed by atoms with E-state index >= 15 is 0 Å². The maximum atomic E-state index is 6.11. The minimum Gasteiger partial charge on any atom is -0.397 e. The zero-order chi connectivity index (χ0) is 17.8. The molecule has 140 valence electrons. The van der Waals surface area contributed by atoms with Crippen molar-refractivity contribution in [1.29, 1.82) is 0 Å². The number of nitrogen functional groups attached to an aromatic ring is 1. The standard InChI is InChI=1S/C21H35N3O/c1-15(2)25-19-7-5-18(6-8-19)24-12-10-17(11-13-24)23-21-14-16(3)4-9-20(21)22/h4,9,14-15,17-19,23H,5-8,10-13,22H2,1-3H3. The Morgan fingerprint density at radius 3 is 2.40 bits per heavy atom. The van der Waals surface area contributed by atoms with Gasteiger partial charge in [-0.1, -0.05) is 6.07 Å². The second-order valence-electron chi connectivity index (χ2n) is 8.16. The summed E-state index contributed by atoms with van der Waals surface area (Å²) in [5.74, 6) is 0. The Labute approximate surface area is 153 Å². The van der Waals surface area contributed by atoms with Gasteiger partial charge in [-0.25, -0.2) is 0 Å². The average molecular weight is 346 g/mol. The van der Waals surface area contributed by atoms with E-state index in [4.69, 9.17) is 10.5 Å². The summed E-state index contributed by atoms with van der Waals surface area (Å²) in [6, 6.07) is 7.54. The van der Waals surface area contributed by atoms with E-state index in [0.717, 1.165) is 17.4 Å². The largest absolute Gasteiger partial charge is 0.397 e. The van der Waals surface area contributed by atoms with Crippen molar-refractivity contribution in [3.8, 4) is 0 Å². The highest BCUT2D eigenvalue weighted by Crippen LogP contribution is 2.29. The maximum Gasteiger partial charge on any atom is 0.0579 e. The SMILES string of the molecule is Cc1ccc(N)c(NC2CCN(C3CCC(OC(C)C)CC3)CC2)c1. The molecule has 0 atom stereocenters. The van der Waals surface area contributed by atoms with Crippen LogP contribution < -0.4 is 11.1 Å². The molecule has 4 nitrogen and oxygen atoms in total.